The predicted molar refractivity (Wildman–Crippen MR) is 101 cm³/mol. The number of nitrogens with zero attached hydrogens (tertiary/aromatic N) is 1. The highest BCUT2D eigenvalue weighted by atomic mass is 79.9. The molecule has 0 spiro atoms. The van der Waals surface area contributed by atoms with Crippen LogP contribution in [-0.4, -0.2) is 23.9 Å². The summed E-state index contributed by atoms with van der Waals surface area (Å²) in [5.74, 6) is 0.0974. The normalized spacial score (nSPS) is 17.8. The smallest absolute Gasteiger partial charge is 0.234 e. The molecule has 0 radical (unpaired) electrons. The third-order valence-corrected chi connectivity index (χ3v) is 5.17. The molecule has 1 fully saturated rings. The number of halogens is 1. The van der Waals surface area contributed by atoms with Gasteiger partial charge in [0, 0.05) is 17.1 Å². The third-order valence-electron chi connectivity index (χ3n) is 4.68. The molecule has 1 aliphatic rings. The summed E-state index contributed by atoms with van der Waals surface area (Å²) in [4.78, 5) is 14.7. The van der Waals surface area contributed by atoms with Crippen LogP contribution in [0.1, 0.15) is 35.6 Å². The van der Waals surface area contributed by atoms with Crippen molar-refractivity contribution in [2.45, 2.75) is 32.4 Å². The Morgan fingerprint density at radius 1 is 1.25 bits per heavy atom. The predicted octanol–water partition coefficient (Wildman–Crippen LogP) is 4.21. The van der Waals surface area contributed by atoms with Crippen LogP contribution < -0.4 is 5.32 Å². The zero-order valence-electron chi connectivity index (χ0n) is 14.0. The summed E-state index contributed by atoms with van der Waals surface area (Å²) in [5, 5.41) is 3.06. The first kappa shape index (κ1) is 17.2. The number of hydrogen-bond donors (Lipinski definition) is 1. The molecule has 126 valence electrons. The highest BCUT2D eigenvalue weighted by Crippen LogP contribution is 2.32. The van der Waals surface area contributed by atoms with Crippen molar-refractivity contribution in [2.24, 2.45) is 0 Å². The molecular formula is C20H23BrN2O. The largest absolute Gasteiger partial charge is 0.351 e. The van der Waals surface area contributed by atoms with Crippen molar-refractivity contribution in [1.29, 1.82) is 0 Å². The molecule has 1 unspecified atom stereocenters. The van der Waals surface area contributed by atoms with E-state index < -0.39 is 0 Å². The van der Waals surface area contributed by atoms with Crippen LogP contribution in [0.25, 0.3) is 0 Å². The number of nitrogens with one attached hydrogen (secondary N) is 1. The molecule has 1 N–H and O–H groups in total. The third kappa shape index (κ3) is 4.25. The fraction of sp³-hybridized carbons (Fsp3) is 0.350. The summed E-state index contributed by atoms with van der Waals surface area (Å²) in [5.41, 5.74) is 3.68. The minimum Gasteiger partial charge on any atom is -0.351 e. The van der Waals surface area contributed by atoms with Gasteiger partial charge in [0.05, 0.1) is 6.54 Å². The summed E-state index contributed by atoms with van der Waals surface area (Å²) in [7, 11) is 0. The molecule has 3 nitrogen and oxygen atoms in total. The van der Waals surface area contributed by atoms with Crippen LogP contribution in [0.4, 0.5) is 0 Å². The second-order valence-corrected chi connectivity index (χ2v) is 7.30. The molecule has 1 atom stereocenters. The minimum absolute atomic E-state index is 0.0974. The van der Waals surface area contributed by atoms with Gasteiger partial charge in [0.25, 0.3) is 0 Å². The Balaban J connectivity index is 1.58. The Morgan fingerprint density at radius 3 is 2.88 bits per heavy atom. The standard InChI is InChI=1S/C20H23BrN2O/c1-15-6-2-3-7-17(15)13-22-20(24)14-23-11-5-10-19(23)16-8-4-9-18(21)12-16/h2-4,6-9,12,19H,5,10-11,13-14H2,1H3,(H,22,24). The van der Waals surface area contributed by atoms with Gasteiger partial charge in [0.1, 0.15) is 0 Å². The summed E-state index contributed by atoms with van der Waals surface area (Å²) in [6, 6.07) is 16.9. The number of likely N-dealkylation sites (tertiary alicyclic amines) is 1. The van der Waals surface area contributed by atoms with Gasteiger partial charge in [0.15, 0.2) is 0 Å². The van der Waals surface area contributed by atoms with Gasteiger partial charge in [-0.25, -0.2) is 0 Å². The Bertz CT molecular complexity index is 716. The monoisotopic (exact) mass is 386 g/mol. The number of amides is 1. The average molecular weight is 387 g/mol. The summed E-state index contributed by atoms with van der Waals surface area (Å²) in [6.07, 6.45) is 2.25. The first-order valence-corrected chi connectivity index (χ1v) is 9.23. The number of hydrogen-bond acceptors (Lipinski definition) is 2. The Hall–Kier alpha value is -1.65. The van der Waals surface area contributed by atoms with Gasteiger partial charge >= 0.3 is 0 Å². The molecule has 0 aliphatic carbocycles. The second-order valence-electron chi connectivity index (χ2n) is 6.39. The van der Waals surface area contributed by atoms with Crippen LogP contribution in [0.5, 0.6) is 0 Å². The van der Waals surface area contributed by atoms with Crippen molar-refractivity contribution < 1.29 is 4.79 Å². The van der Waals surface area contributed by atoms with E-state index in [0.717, 1.165) is 23.9 Å². The van der Waals surface area contributed by atoms with Crippen LogP contribution in [0, 0.1) is 6.92 Å². The molecule has 0 bridgehead atoms. The van der Waals surface area contributed by atoms with E-state index in [9.17, 15) is 4.79 Å². The highest BCUT2D eigenvalue weighted by molar-refractivity contribution is 9.10. The van der Waals surface area contributed by atoms with Crippen molar-refractivity contribution >= 4 is 21.8 Å². The van der Waals surface area contributed by atoms with Crippen molar-refractivity contribution in [3.05, 3.63) is 69.7 Å². The lowest BCUT2D eigenvalue weighted by atomic mass is 10.0. The van der Waals surface area contributed by atoms with Gasteiger partial charge in [-0.3, -0.25) is 9.69 Å². The lowest BCUT2D eigenvalue weighted by molar-refractivity contribution is -0.122. The number of benzene rings is 2. The molecule has 2 aromatic carbocycles. The quantitative estimate of drug-likeness (QED) is 0.834. The van der Waals surface area contributed by atoms with Crippen LogP contribution in [0.15, 0.2) is 53.0 Å². The molecule has 2 aromatic rings. The topological polar surface area (TPSA) is 32.3 Å². The fourth-order valence-corrected chi connectivity index (χ4v) is 3.77. The van der Waals surface area contributed by atoms with E-state index >= 15 is 0 Å². The average Bonchev–Trinajstić information content (AvgIpc) is 3.02. The molecule has 1 aliphatic heterocycles. The van der Waals surface area contributed by atoms with E-state index in [1.165, 1.54) is 16.7 Å². The number of aryl methyl sites for hydroxylation is 1. The lowest BCUT2D eigenvalue weighted by Gasteiger charge is -2.24. The number of carbonyl (C=O) groups excluding carboxylic acids is 1. The molecule has 1 amide bonds. The SMILES string of the molecule is Cc1ccccc1CNC(=O)CN1CCCC1c1cccc(Br)c1. The Labute approximate surface area is 152 Å². The maximum atomic E-state index is 12.4. The maximum Gasteiger partial charge on any atom is 0.234 e. The van der Waals surface area contributed by atoms with E-state index in [2.05, 4.69) is 63.4 Å². The van der Waals surface area contributed by atoms with E-state index in [-0.39, 0.29) is 5.91 Å². The summed E-state index contributed by atoms with van der Waals surface area (Å²) < 4.78 is 1.09. The van der Waals surface area contributed by atoms with Crippen molar-refractivity contribution in [3.63, 3.8) is 0 Å². The number of carbonyl (C=O) groups is 1. The first-order valence-electron chi connectivity index (χ1n) is 8.44. The Kier molecular flexibility index (Phi) is 5.69. The van der Waals surface area contributed by atoms with E-state index in [1.54, 1.807) is 0 Å². The highest BCUT2D eigenvalue weighted by Gasteiger charge is 2.27. The summed E-state index contributed by atoms with van der Waals surface area (Å²) in [6.45, 7) is 4.12. The summed E-state index contributed by atoms with van der Waals surface area (Å²) >= 11 is 3.54. The van der Waals surface area contributed by atoms with Gasteiger partial charge in [-0.05, 0) is 55.1 Å². The van der Waals surface area contributed by atoms with Gasteiger partial charge < -0.3 is 5.32 Å². The van der Waals surface area contributed by atoms with Gasteiger partial charge in [0.2, 0.25) is 5.91 Å². The minimum atomic E-state index is 0.0974. The molecule has 0 aromatic heterocycles. The molecule has 1 heterocycles. The molecule has 1 saturated heterocycles. The molecular weight excluding hydrogens is 364 g/mol. The van der Waals surface area contributed by atoms with Crippen LogP contribution >= 0.6 is 15.9 Å². The maximum absolute atomic E-state index is 12.4. The van der Waals surface area contributed by atoms with Crippen molar-refractivity contribution in [2.75, 3.05) is 13.1 Å². The van der Waals surface area contributed by atoms with E-state index in [0.29, 0.717) is 19.1 Å². The molecule has 4 heteroatoms. The lowest BCUT2D eigenvalue weighted by Crippen LogP contribution is -2.36. The van der Waals surface area contributed by atoms with Gasteiger partial charge in [-0.1, -0.05) is 52.3 Å². The zero-order chi connectivity index (χ0) is 16.9. The molecule has 24 heavy (non-hydrogen) atoms. The van der Waals surface area contributed by atoms with Crippen LogP contribution in [0.3, 0.4) is 0 Å². The molecule has 0 saturated carbocycles. The first-order chi connectivity index (χ1) is 11.6. The van der Waals surface area contributed by atoms with Gasteiger partial charge in [-0.2, -0.15) is 0 Å². The van der Waals surface area contributed by atoms with Gasteiger partial charge in [-0.15, -0.1) is 0 Å². The fourth-order valence-electron chi connectivity index (χ4n) is 3.35. The number of rotatable bonds is 5. The van der Waals surface area contributed by atoms with Crippen LogP contribution in [-0.2, 0) is 11.3 Å². The van der Waals surface area contributed by atoms with Crippen LogP contribution in [0.2, 0.25) is 0 Å². The molecule has 3 rings (SSSR count). The Morgan fingerprint density at radius 2 is 2.08 bits per heavy atom. The van der Waals surface area contributed by atoms with Crippen molar-refractivity contribution in [1.82, 2.24) is 10.2 Å². The van der Waals surface area contributed by atoms with Crippen molar-refractivity contribution in [3.8, 4) is 0 Å². The second kappa shape index (κ2) is 7.95. The van der Waals surface area contributed by atoms with E-state index in [1.807, 2.05) is 18.2 Å². The van der Waals surface area contributed by atoms with E-state index in [4.69, 9.17) is 0 Å². The zero-order valence-corrected chi connectivity index (χ0v) is 15.6.